The third kappa shape index (κ3) is 10.5. The van der Waals surface area contributed by atoms with Gasteiger partial charge in [-0.1, -0.05) is 211 Å². The monoisotopic (exact) mass is 1380 g/mol. The van der Waals surface area contributed by atoms with Gasteiger partial charge in [0.15, 0.2) is 0 Å². The molecule has 0 saturated carbocycles. The van der Waals surface area contributed by atoms with Crippen molar-refractivity contribution < 1.29 is 0 Å². The van der Waals surface area contributed by atoms with Gasteiger partial charge in [0.1, 0.15) is 0 Å². The van der Waals surface area contributed by atoms with Gasteiger partial charge in [-0.25, -0.2) is 0 Å². The van der Waals surface area contributed by atoms with Gasteiger partial charge in [0.2, 0.25) is 0 Å². The Morgan fingerprint density at radius 1 is 0.337 bits per heavy atom. The highest BCUT2D eigenvalue weighted by molar-refractivity contribution is 7.23. The van der Waals surface area contributed by atoms with Crippen LogP contribution in [0.5, 0.6) is 0 Å². The van der Waals surface area contributed by atoms with Crippen molar-refractivity contribution in [2.75, 3.05) is 14.7 Å². The summed E-state index contributed by atoms with van der Waals surface area (Å²) >= 11 is 3.80. The van der Waals surface area contributed by atoms with Crippen LogP contribution >= 0.6 is 22.7 Å². The summed E-state index contributed by atoms with van der Waals surface area (Å²) in [6.07, 6.45) is 0. The number of hydrogen-bond donors (Lipinski definition) is 0. The van der Waals surface area contributed by atoms with E-state index in [0.717, 1.165) is 22.6 Å². The topological polar surface area (TPSA) is 14.7 Å². The SMILES string of the molecule is Cc1cc2c3c(c1)N(c1c(C)cc(-c4sc5ccccc5c4-c4ccccc4)cc1C)c1cc(N(c4ccc5c6ccccc6n(-c6ccccc6)c5c4)c4c(C)cc(C(C)(C)C)cc4C)ccc1B3c1cc(C(C)(C)C)ccc1N2c1c(C)cc(-c2sc3ccccc3c2-c2ccccc2)cc1C. The van der Waals surface area contributed by atoms with E-state index < -0.39 is 0 Å². The molecule has 2 aliphatic heterocycles. The van der Waals surface area contributed by atoms with Crippen molar-refractivity contribution in [1.29, 1.82) is 0 Å². The number of rotatable bonds is 10. The van der Waals surface area contributed by atoms with E-state index in [0.29, 0.717) is 0 Å². The molecule has 0 amide bonds. The second-order valence-electron chi connectivity index (χ2n) is 31.3. The zero-order valence-corrected chi connectivity index (χ0v) is 63.2. The standard InChI is InChI=1S/C97H83BN4S2/c1-58-47-84-90-85(48-58)102(93-61(4)51-68(52-62(93)5)95-89(66-31-19-15-20-32-66)77-37-25-28-40-87(77)104-95)83-57-73(99(91-63(6)53-70(54-64(91)7)97(11,12)13)72-42-44-75-74-35-23-26-38-80(74)100(82(75)56-72)71-33-21-16-22-34-71)43-45-78(83)98(90)79-55-69(96(8,9)10)41-46-81(79)101(84)92-59(2)49-67(50-60(92)3)94-88(65-29-17-14-18-30-65)76-36-24-27-39-86(76)103-94/h14-57H,1-13H3. The number of hydrogen-bond acceptors (Lipinski definition) is 5. The minimum atomic E-state index is -0.130. The normalized spacial score (nSPS) is 12.8. The predicted octanol–water partition coefficient (Wildman–Crippen LogP) is 26.2. The van der Waals surface area contributed by atoms with Gasteiger partial charge in [-0.3, -0.25) is 0 Å². The first kappa shape index (κ1) is 65.1. The third-order valence-corrected chi connectivity index (χ3v) is 24.5. The molecule has 5 heterocycles. The molecule has 2 aliphatic rings. The molecule has 0 fully saturated rings. The molecule has 0 unspecified atom stereocenters. The number of benzene rings is 13. The highest BCUT2D eigenvalue weighted by Gasteiger charge is 2.45. The Morgan fingerprint density at radius 3 is 1.34 bits per heavy atom. The number of thiophene rings is 2. The second kappa shape index (κ2) is 24.6. The number of aryl methyl sites for hydroxylation is 7. The summed E-state index contributed by atoms with van der Waals surface area (Å²) in [6, 6.07) is 102. The molecule has 3 aromatic heterocycles. The molecule has 0 radical (unpaired) electrons. The maximum absolute atomic E-state index is 2.70. The van der Waals surface area contributed by atoms with E-state index in [1.165, 1.54) is 186 Å². The molecule has 4 nitrogen and oxygen atoms in total. The lowest BCUT2D eigenvalue weighted by Gasteiger charge is -2.46. The number of para-hydroxylation sites is 2. The first-order valence-electron chi connectivity index (χ1n) is 36.7. The zero-order valence-electron chi connectivity index (χ0n) is 61.6. The minimum absolute atomic E-state index is 0.0533. The van der Waals surface area contributed by atoms with Gasteiger partial charge in [-0.2, -0.15) is 0 Å². The van der Waals surface area contributed by atoms with E-state index in [2.05, 4.69) is 376 Å². The average Bonchev–Trinajstić information content (AvgIpc) is 1.00. The molecule has 0 saturated heterocycles. The highest BCUT2D eigenvalue weighted by atomic mass is 32.1. The van der Waals surface area contributed by atoms with Gasteiger partial charge >= 0.3 is 0 Å². The molecule has 0 spiro atoms. The first-order valence-corrected chi connectivity index (χ1v) is 38.3. The Morgan fingerprint density at radius 2 is 0.798 bits per heavy atom. The summed E-state index contributed by atoms with van der Waals surface area (Å²) in [5, 5.41) is 5.03. The zero-order chi connectivity index (χ0) is 71.4. The molecule has 18 rings (SSSR count). The number of aromatic nitrogens is 1. The predicted molar refractivity (Wildman–Crippen MR) is 453 cm³/mol. The van der Waals surface area contributed by atoms with Crippen LogP contribution in [0.4, 0.5) is 51.2 Å². The van der Waals surface area contributed by atoms with Gasteiger partial charge < -0.3 is 19.3 Å². The summed E-state index contributed by atoms with van der Waals surface area (Å²) in [5.41, 5.74) is 36.5. The summed E-state index contributed by atoms with van der Waals surface area (Å²) in [7, 11) is 0. The molecule has 16 aromatic rings. The van der Waals surface area contributed by atoms with Crippen LogP contribution in [0, 0.1) is 48.5 Å². The maximum Gasteiger partial charge on any atom is 0.252 e. The van der Waals surface area contributed by atoms with E-state index in [-0.39, 0.29) is 17.5 Å². The first-order chi connectivity index (χ1) is 50.2. The Kier molecular flexibility index (Phi) is 15.4. The van der Waals surface area contributed by atoms with Gasteiger partial charge in [0, 0.05) is 91.6 Å². The summed E-state index contributed by atoms with van der Waals surface area (Å²) in [4.78, 5) is 10.5. The lowest BCUT2D eigenvalue weighted by atomic mass is 9.33. The van der Waals surface area contributed by atoms with Crippen molar-refractivity contribution in [3.63, 3.8) is 0 Å². The fourth-order valence-electron chi connectivity index (χ4n) is 17.5. The third-order valence-electron chi connectivity index (χ3n) is 22.1. The Labute approximate surface area is 620 Å². The van der Waals surface area contributed by atoms with E-state index in [4.69, 9.17) is 0 Å². The van der Waals surface area contributed by atoms with Crippen LogP contribution in [-0.2, 0) is 10.8 Å². The lowest BCUT2D eigenvalue weighted by Crippen LogP contribution is -2.61. The number of nitrogens with zero attached hydrogens (tertiary/aromatic N) is 4. The minimum Gasteiger partial charge on any atom is -0.311 e. The smallest absolute Gasteiger partial charge is 0.252 e. The van der Waals surface area contributed by atoms with Crippen LogP contribution in [0.2, 0.25) is 0 Å². The second-order valence-corrected chi connectivity index (χ2v) is 33.4. The average molecular weight is 1380 g/mol. The van der Waals surface area contributed by atoms with E-state index in [1.807, 2.05) is 22.7 Å². The molecule has 0 atom stereocenters. The lowest BCUT2D eigenvalue weighted by molar-refractivity contribution is 0.589. The van der Waals surface area contributed by atoms with E-state index in [9.17, 15) is 0 Å². The van der Waals surface area contributed by atoms with Crippen LogP contribution in [0.25, 0.3) is 90.8 Å². The fourth-order valence-corrected chi connectivity index (χ4v) is 19.9. The van der Waals surface area contributed by atoms with Crippen molar-refractivity contribution in [3.05, 3.63) is 317 Å². The molecule has 13 aromatic carbocycles. The quantitative estimate of drug-likeness (QED) is 0.127. The van der Waals surface area contributed by atoms with Gasteiger partial charge in [0.25, 0.3) is 6.71 Å². The van der Waals surface area contributed by atoms with Gasteiger partial charge in [-0.15, -0.1) is 22.7 Å². The summed E-state index contributed by atoms with van der Waals surface area (Å²) in [6.45, 7) is 30.4. The molecular formula is C97H83BN4S2. The van der Waals surface area contributed by atoms with Crippen molar-refractivity contribution in [3.8, 4) is 48.8 Å². The van der Waals surface area contributed by atoms with Crippen LogP contribution in [-0.4, -0.2) is 11.3 Å². The van der Waals surface area contributed by atoms with Crippen molar-refractivity contribution in [1.82, 2.24) is 4.57 Å². The number of fused-ring (bicyclic) bond motifs is 9. The number of anilines is 9. The Balaban J connectivity index is 0.903. The van der Waals surface area contributed by atoms with Crippen LogP contribution < -0.4 is 31.1 Å². The molecule has 7 heteroatoms. The van der Waals surface area contributed by atoms with Crippen LogP contribution in [0.3, 0.4) is 0 Å². The van der Waals surface area contributed by atoms with Crippen molar-refractivity contribution in [2.45, 2.75) is 101 Å². The molecule has 0 bridgehead atoms. The van der Waals surface area contributed by atoms with E-state index in [1.54, 1.807) is 0 Å². The molecular weight excluding hydrogens is 1300 g/mol. The van der Waals surface area contributed by atoms with Crippen LogP contribution in [0.15, 0.2) is 267 Å². The fraction of sp³-hybridized carbons (Fsp3) is 0.155. The molecule has 0 aliphatic carbocycles. The van der Waals surface area contributed by atoms with Crippen molar-refractivity contribution in [2.24, 2.45) is 0 Å². The van der Waals surface area contributed by atoms with Crippen molar-refractivity contribution >= 4 is 139 Å². The van der Waals surface area contributed by atoms with Gasteiger partial charge in [-0.05, 0) is 245 Å². The Bertz CT molecular complexity index is 6110. The summed E-state index contributed by atoms with van der Waals surface area (Å²) < 4.78 is 5.04. The largest absolute Gasteiger partial charge is 0.311 e. The van der Waals surface area contributed by atoms with E-state index >= 15 is 0 Å². The molecule has 104 heavy (non-hydrogen) atoms. The molecule has 0 N–H and O–H groups in total. The van der Waals surface area contributed by atoms with Gasteiger partial charge in [0.05, 0.1) is 28.1 Å². The van der Waals surface area contributed by atoms with Crippen LogP contribution in [0.1, 0.15) is 91.6 Å². The maximum atomic E-state index is 2.70. The summed E-state index contributed by atoms with van der Waals surface area (Å²) in [5.74, 6) is 0. The Hall–Kier alpha value is -11.0. The highest BCUT2D eigenvalue weighted by Crippen LogP contribution is 2.54. The molecule has 506 valence electrons.